The molecule has 11 nitrogen and oxygen atoms in total. The first-order valence-corrected chi connectivity index (χ1v) is 14.9. The molecule has 2 aliphatic rings. The van der Waals surface area contributed by atoms with Gasteiger partial charge in [-0.1, -0.05) is 30.3 Å². The van der Waals surface area contributed by atoms with Gasteiger partial charge in [0.1, 0.15) is 17.0 Å². The predicted molar refractivity (Wildman–Crippen MR) is 164 cm³/mol. The van der Waals surface area contributed by atoms with Gasteiger partial charge in [0.05, 0.1) is 37.3 Å². The number of benzene rings is 1. The van der Waals surface area contributed by atoms with Crippen molar-refractivity contribution < 1.29 is 14.6 Å². The smallest absolute Gasteiger partial charge is 0.257 e. The molecule has 1 aliphatic heterocycles. The molecule has 1 saturated carbocycles. The second-order valence-electron chi connectivity index (χ2n) is 11.4. The highest BCUT2D eigenvalue weighted by Gasteiger charge is 2.31. The monoisotopic (exact) mass is 580 g/mol. The lowest BCUT2D eigenvalue weighted by Crippen LogP contribution is -2.50. The molecule has 2 N–H and O–H groups in total. The number of aliphatic hydroxyl groups is 1. The van der Waals surface area contributed by atoms with Crippen molar-refractivity contribution in [2.24, 2.45) is 0 Å². The predicted octanol–water partition coefficient (Wildman–Crippen LogP) is 2.97. The van der Waals surface area contributed by atoms with Crippen molar-refractivity contribution in [2.45, 2.75) is 38.1 Å². The van der Waals surface area contributed by atoms with Crippen molar-refractivity contribution in [2.75, 3.05) is 44.8 Å². The Morgan fingerprint density at radius 1 is 1.09 bits per heavy atom. The molecule has 5 heterocycles. The van der Waals surface area contributed by atoms with Gasteiger partial charge in [0.15, 0.2) is 5.65 Å². The number of pyridine rings is 1. The van der Waals surface area contributed by atoms with Crippen LogP contribution in [0.2, 0.25) is 0 Å². The van der Waals surface area contributed by atoms with Crippen molar-refractivity contribution in [3.8, 4) is 11.3 Å². The Morgan fingerprint density at radius 3 is 2.70 bits per heavy atom. The third-order valence-electron chi connectivity index (χ3n) is 8.58. The van der Waals surface area contributed by atoms with Crippen LogP contribution in [0.3, 0.4) is 0 Å². The minimum atomic E-state index is -0.516. The number of rotatable bonds is 9. The van der Waals surface area contributed by atoms with E-state index in [0.717, 1.165) is 79.5 Å². The molecule has 0 bridgehead atoms. The molecule has 2 fully saturated rings. The highest BCUT2D eigenvalue weighted by Crippen LogP contribution is 2.32. The van der Waals surface area contributed by atoms with Gasteiger partial charge in [-0.3, -0.25) is 9.69 Å². The van der Waals surface area contributed by atoms with Crippen molar-refractivity contribution >= 4 is 28.4 Å². The quantitative estimate of drug-likeness (QED) is 0.274. The fourth-order valence-electron chi connectivity index (χ4n) is 5.92. The summed E-state index contributed by atoms with van der Waals surface area (Å²) in [6.07, 6.45) is 6.45. The van der Waals surface area contributed by atoms with Crippen LogP contribution >= 0.6 is 0 Å². The number of aliphatic hydroxyl groups excluding tert-OH is 1. The van der Waals surface area contributed by atoms with Crippen molar-refractivity contribution in [1.82, 2.24) is 34.4 Å². The van der Waals surface area contributed by atoms with Crippen LogP contribution in [0.25, 0.3) is 27.9 Å². The molecule has 1 saturated heterocycles. The number of carbonyl (C=O) groups is 1. The number of ether oxygens (including phenoxy) is 1. The highest BCUT2D eigenvalue weighted by molar-refractivity contribution is 6.01. The summed E-state index contributed by atoms with van der Waals surface area (Å²) in [6, 6.07) is 16.1. The summed E-state index contributed by atoms with van der Waals surface area (Å²) in [5.74, 6) is 0.527. The van der Waals surface area contributed by atoms with Gasteiger partial charge in [0, 0.05) is 69.2 Å². The second-order valence-corrected chi connectivity index (χ2v) is 11.4. The van der Waals surface area contributed by atoms with E-state index in [1.807, 2.05) is 43.6 Å². The standard InChI is InChI=1S/C32H36N8O3/c1-37(20-22-6-3-2-4-7-22)29-18-27(35-31-24(19-34-40(29)31)32(42)36-26-9-10-28(26)41)25-21-39(30-23(25)8-5-11-33-30)13-12-38-14-16-43-17-15-38/h2-8,11,18-19,21,26,28,41H,9-10,12-17,20H2,1H3,(H,36,42)/t26?,28-/m1/s1. The molecule has 1 aromatic carbocycles. The summed E-state index contributed by atoms with van der Waals surface area (Å²) in [5, 5.41) is 18.7. The maximum atomic E-state index is 13.4. The van der Waals surface area contributed by atoms with E-state index in [-0.39, 0.29) is 11.9 Å². The Hall–Kier alpha value is -4.32. The van der Waals surface area contributed by atoms with E-state index < -0.39 is 6.10 Å². The van der Waals surface area contributed by atoms with Crippen LogP contribution in [-0.4, -0.2) is 92.1 Å². The third kappa shape index (κ3) is 5.47. The van der Waals surface area contributed by atoms with Crippen LogP contribution in [0.1, 0.15) is 28.8 Å². The summed E-state index contributed by atoms with van der Waals surface area (Å²) < 4.78 is 9.45. The largest absolute Gasteiger partial charge is 0.391 e. The van der Waals surface area contributed by atoms with Gasteiger partial charge in [-0.2, -0.15) is 9.61 Å². The molecule has 0 radical (unpaired) electrons. The number of hydrogen-bond donors (Lipinski definition) is 2. The summed E-state index contributed by atoms with van der Waals surface area (Å²) in [6.45, 7) is 5.73. The number of nitrogens with one attached hydrogen (secondary N) is 1. The van der Waals surface area contributed by atoms with Crippen LogP contribution in [0.5, 0.6) is 0 Å². The molecule has 1 amide bonds. The second kappa shape index (κ2) is 11.8. The molecular weight excluding hydrogens is 544 g/mol. The van der Waals surface area contributed by atoms with Crippen LogP contribution in [0, 0.1) is 0 Å². The van der Waals surface area contributed by atoms with E-state index in [9.17, 15) is 9.90 Å². The Bertz CT molecular complexity index is 1740. The number of anilines is 1. The molecule has 7 rings (SSSR count). The third-order valence-corrected chi connectivity index (χ3v) is 8.58. The van der Waals surface area contributed by atoms with Crippen LogP contribution in [0.15, 0.2) is 67.1 Å². The average molecular weight is 581 g/mol. The zero-order valence-corrected chi connectivity index (χ0v) is 24.3. The van der Waals surface area contributed by atoms with E-state index in [1.165, 1.54) is 0 Å². The highest BCUT2D eigenvalue weighted by atomic mass is 16.5. The minimum Gasteiger partial charge on any atom is -0.391 e. The SMILES string of the molecule is CN(Cc1ccccc1)c1cc(-c2cn(CCN3CCOCC3)c3ncccc23)nc2c(C(=O)NC3CC[C@H]3O)cnn12. The lowest BCUT2D eigenvalue weighted by Gasteiger charge is -2.32. The number of fused-ring (bicyclic) bond motifs is 2. The molecule has 0 spiro atoms. The fraction of sp³-hybridized carbons (Fsp3) is 0.375. The molecule has 4 aromatic heterocycles. The summed E-state index contributed by atoms with van der Waals surface area (Å²) in [4.78, 5) is 27.7. The number of amides is 1. The van der Waals surface area contributed by atoms with Crippen molar-refractivity contribution in [1.29, 1.82) is 0 Å². The Morgan fingerprint density at radius 2 is 1.93 bits per heavy atom. The molecule has 2 atom stereocenters. The molecule has 222 valence electrons. The summed E-state index contributed by atoms with van der Waals surface area (Å²) in [7, 11) is 2.02. The van der Waals surface area contributed by atoms with Gasteiger partial charge in [-0.25, -0.2) is 9.97 Å². The van der Waals surface area contributed by atoms with Crippen LogP contribution < -0.4 is 10.2 Å². The van der Waals surface area contributed by atoms with Gasteiger partial charge in [-0.15, -0.1) is 0 Å². The van der Waals surface area contributed by atoms with Crippen molar-refractivity contribution in [3.63, 3.8) is 0 Å². The van der Waals surface area contributed by atoms with Crippen LogP contribution in [-0.2, 0) is 17.8 Å². The molecule has 5 aromatic rings. The molecule has 1 aliphatic carbocycles. The molecule has 43 heavy (non-hydrogen) atoms. The topological polar surface area (TPSA) is 113 Å². The Balaban J connectivity index is 1.30. The van der Waals surface area contributed by atoms with E-state index in [4.69, 9.17) is 14.7 Å². The van der Waals surface area contributed by atoms with E-state index >= 15 is 0 Å². The minimum absolute atomic E-state index is 0.249. The Kier molecular flexibility index (Phi) is 7.52. The normalized spacial score (nSPS) is 19.0. The Labute approximate surface area is 249 Å². The zero-order chi connectivity index (χ0) is 29.3. The van der Waals surface area contributed by atoms with Crippen LogP contribution in [0.4, 0.5) is 5.82 Å². The first-order chi connectivity index (χ1) is 21.0. The van der Waals surface area contributed by atoms with E-state index in [2.05, 4.69) is 49.2 Å². The summed E-state index contributed by atoms with van der Waals surface area (Å²) >= 11 is 0. The van der Waals surface area contributed by atoms with Gasteiger partial charge in [0.25, 0.3) is 5.91 Å². The molecular formula is C32H36N8O3. The van der Waals surface area contributed by atoms with E-state index in [1.54, 1.807) is 10.7 Å². The average Bonchev–Trinajstić information content (AvgIpc) is 3.64. The molecule has 1 unspecified atom stereocenters. The maximum Gasteiger partial charge on any atom is 0.257 e. The first kappa shape index (κ1) is 27.5. The fourth-order valence-corrected chi connectivity index (χ4v) is 5.92. The van der Waals surface area contributed by atoms with Gasteiger partial charge >= 0.3 is 0 Å². The number of hydrogen-bond acceptors (Lipinski definition) is 8. The molecule has 11 heteroatoms. The number of morpholine rings is 1. The van der Waals surface area contributed by atoms with Gasteiger partial charge in [-0.05, 0) is 30.5 Å². The zero-order valence-electron chi connectivity index (χ0n) is 24.3. The summed E-state index contributed by atoms with van der Waals surface area (Å²) in [5.41, 5.74) is 4.59. The number of aromatic nitrogens is 5. The van der Waals surface area contributed by atoms with Crippen molar-refractivity contribution in [3.05, 3.63) is 78.2 Å². The van der Waals surface area contributed by atoms with E-state index in [0.29, 0.717) is 24.2 Å². The number of nitrogens with zero attached hydrogens (tertiary/aromatic N) is 7. The lowest BCUT2D eigenvalue weighted by molar-refractivity contribution is 0.0365. The first-order valence-electron chi connectivity index (χ1n) is 14.9. The maximum absolute atomic E-state index is 13.4. The lowest BCUT2D eigenvalue weighted by atomic mass is 9.89. The number of carbonyl (C=O) groups excluding carboxylic acids is 1. The van der Waals surface area contributed by atoms with Gasteiger partial charge < -0.3 is 24.6 Å². The van der Waals surface area contributed by atoms with Gasteiger partial charge in [0.2, 0.25) is 0 Å².